The molecule has 12 rings (SSSR count). The number of nitrogens with zero attached hydrogens (tertiary/aromatic N) is 6. The lowest BCUT2D eigenvalue weighted by atomic mass is 9.93. The number of fused-ring (bicyclic) bond motifs is 4. The minimum Gasteiger partial charge on any atom is -0.479 e. The van der Waals surface area contributed by atoms with E-state index in [0.29, 0.717) is 34.7 Å². The van der Waals surface area contributed by atoms with Gasteiger partial charge in [0.2, 0.25) is 0 Å². The Morgan fingerprint density at radius 1 is 0.578 bits per heavy atom. The summed E-state index contributed by atoms with van der Waals surface area (Å²) < 4.78 is 12.6. The molecule has 2 saturated heterocycles. The quantitative estimate of drug-likeness (QED) is 0.128. The molecule has 0 radical (unpaired) electrons. The van der Waals surface area contributed by atoms with Crippen LogP contribution in [0.4, 0.5) is 0 Å². The first-order valence-electron chi connectivity index (χ1n) is 21.7. The predicted molar refractivity (Wildman–Crippen MR) is 244 cm³/mol. The number of hydrogen-bond donors (Lipinski definition) is 4. The van der Waals surface area contributed by atoms with Crippen molar-refractivity contribution in [2.24, 2.45) is 0 Å². The lowest BCUT2D eigenvalue weighted by molar-refractivity contribution is -0.139. The standard InChI is InChI=1S/2C24H22ClN5O2/c2*25-16-9-15-10-21(24(31)30-7-3-14(4-8-30)20-12-26-13-29-20)32-22(15)19(11-16)17-1-5-27-23-18(17)2-6-28-23/h2*1-2,5-6,9,11-14,21H,3-4,7-8,10H2,(H,26,29)(H,27,28)/t2*21-/m10/s1. The first kappa shape index (κ1) is 40.2. The van der Waals surface area contributed by atoms with E-state index in [0.717, 1.165) is 130 Å². The van der Waals surface area contributed by atoms with E-state index in [9.17, 15) is 9.59 Å². The van der Waals surface area contributed by atoms with Gasteiger partial charge in [-0.05, 0) is 85.3 Å². The Labute approximate surface area is 377 Å². The molecule has 4 aliphatic heterocycles. The van der Waals surface area contributed by atoms with Crippen molar-refractivity contribution >= 4 is 57.1 Å². The number of halogens is 2. The van der Waals surface area contributed by atoms with Gasteiger partial charge < -0.3 is 39.2 Å². The second-order valence-electron chi connectivity index (χ2n) is 16.9. The maximum Gasteiger partial charge on any atom is 0.263 e. The summed E-state index contributed by atoms with van der Waals surface area (Å²) in [7, 11) is 0. The minimum absolute atomic E-state index is 0.0489. The lowest BCUT2D eigenvalue weighted by Gasteiger charge is -2.32. The van der Waals surface area contributed by atoms with Crippen LogP contribution in [-0.2, 0) is 22.4 Å². The monoisotopic (exact) mass is 894 g/mol. The van der Waals surface area contributed by atoms with Crippen molar-refractivity contribution < 1.29 is 19.1 Å². The van der Waals surface area contributed by atoms with Crippen LogP contribution in [0.25, 0.3) is 44.3 Å². The van der Waals surface area contributed by atoms with Gasteiger partial charge in [0, 0.05) is 142 Å². The fourth-order valence-electron chi connectivity index (χ4n) is 9.92. The molecule has 324 valence electrons. The Kier molecular flexibility index (Phi) is 10.5. The van der Waals surface area contributed by atoms with Crippen LogP contribution < -0.4 is 9.47 Å². The molecule has 4 N–H and O–H groups in total. The molecular weight excluding hydrogens is 851 g/mol. The Balaban J connectivity index is 0.000000143. The van der Waals surface area contributed by atoms with Gasteiger partial charge in [-0.1, -0.05) is 23.2 Å². The molecular formula is C48H44Cl2N10O4. The number of pyridine rings is 2. The molecule has 16 heteroatoms. The first-order valence-corrected chi connectivity index (χ1v) is 22.5. The maximum atomic E-state index is 13.3. The Bertz CT molecular complexity index is 2780. The number of rotatable bonds is 6. The van der Waals surface area contributed by atoms with Crippen LogP contribution in [-0.4, -0.2) is 99.9 Å². The van der Waals surface area contributed by atoms with Crippen LogP contribution in [0.15, 0.2) is 98.4 Å². The highest BCUT2D eigenvalue weighted by molar-refractivity contribution is 6.31. The van der Waals surface area contributed by atoms with E-state index in [1.54, 1.807) is 25.0 Å². The molecule has 14 nitrogen and oxygen atoms in total. The fourth-order valence-corrected chi connectivity index (χ4v) is 10.4. The van der Waals surface area contributed by atoms with Gasteiger partial charge in [-0.2, -0.15) is 0 Å². The highest BCUT2D eigenvalue weighted by Crippen LogP contribution is 2.45. The van der Waals surface area contributed by atoms with E-state index in [1.165, 1.54) is 0 Å². The largest absolute Gasteiger partial charge is 0.479 e. The Morgan fingerprint density at radius 3 is 1.42 bits per heavy atom. The highest BCUT2D eigenvalue weighted by atomic mass is 35.5. The van der Waals surface area contributed by atoms with E-state index in [4.69, 9.17) is 32.7 Å². The topological polar surface area (TPSA) is 174 Å². The van der Waals surface area contributed by atoms with Gasteiger partial charge in [0.1, 0.15) is 22.8 Å². The Hall–Kier alpha value is -6.64. The number of likely N-dealkylation sites (tertiary alicyclic amines) is 2. The summed E-state index contributed by atoms with van der Waals surface area (Å²) in [4.78, 5) is 60.1. The minimum atomic E-state index is -0.519. The summed E-state index contributed by atoms with van der Waals surface area (Å²) in [6.07, 6.45) is 18.2. The summed E-state index contributed by atoms with van der Waals surface area (Å²) >= 11 is 12.9. The smallest absolute Gasteiger partial charge is 0.263 e. The van der Waals surface area contributed by atoms with Crippen LogP contribution >= 0.6 is 23.2 Å². The van der Waals surface area contributed by atoms with E-state index < -0.39 is 12.2 Å². The molecule has 0 bridgehead atoms. The number of nitrogens with one attached hydrogen (secondary N) is 4. The average Bonchev–Trinajstić information content (AvgIpc) is 4.18. The number of ether oxygens (including phenoxy) is 2. The van der Waals surface area contributed by atoms with Crippen molar-refractivity contribution in [2.75, 3.05) is 26.2 Å². The number of carbonyl (C=O) groups is 2. The van der Waals surface area contributed by atoms with Crippen molar-refractivity contribution in [2.45, 2.75) is 62.6 Å². The third kappa shape index (κ3) is 7.53. The normalized spacial score (nSPS) is 18.7. The molecule has 10 heterocycles. The third-order valence-electron chi connectivity index (χ3n) is 13.2. The van der Waals surface area contributed by atoms with Gasteiger partial charge in [0.15, 0.2) is 12.2 Å². The SMILES string of the molecule is O=C([C@@H]1Cc2cc(Cl)cc(-c3ccnc4[nH]ccc34)c2O1)N1CCC(c2cnc[nH]2)CC1.O=C([C@H]1Cc2cc(Cl)cc(-c3ccnc4[nH]ccc34)c2O1)N1CCC(c2cnc[nH]2)CC1. The summed E-state index contributed by atoms with van der Waals surface area (Å²) in [5.74, 6) is 2.43. The predicted octanol–water partition coefficient (Wildman–Crippen LogP) is 8.63. The van der Waals surface area contributed by atoms with Gasteiger partial charge in [-0.15, -0.1) is 0 Å². The summed E-state index contributed by atoms with van der Waals surface area (Å²) in [6.45, 7) is 2.89. The average molecular weight is 896 g/mol. The molecule has 8 aromatic rings. The molecule has 0 spiro atoms. The zero-order valence-corrected chi connectivity index (χ0v) is 36.2. The first-order chi connectivity index (χ1) is 31.3. The number of amides is 2. The Morgan fingerprint density at radius 2 is 1.02 bits per heavy atom. The highest BCUT2D eigenvalue weighted by Gasteiger charge is 2.38. The molecule has 2 fully saturated rings. The van der Waals surface area contributed by atoms with Crippen molar-refractivity contribution in [1.29, 1.82) is 0 Å². The number of imidazole rings is 2. The van der Waals surface area contributed by atoms with Gasteiger partial charge in [0.05, 0.1) is 12.7 Å². The molecule has 4 aliphatic rings. The molecule has 0 saturated carbocycles. The van der Waals surface area contributed by atoms with Gasteiger partial charge >= 0.3 is 0 Å². The molecule has 2 aromatic carbocycles. The molecule has 2 atom stereocenters. The molecule has 0 aliphatic carbocycles. The van der Waals surface area contributed by atoms with Crippen molar-refractivity contribution in [1.82, 2.24) is 49.7 Å². The van der Waals surface area contributed by atoms with E-state index >= 15 is 0 Å². The number of hydrogen-bond acceptors (Lipinski definition) is 8. The van der Waals surface area contributed by atoms with Gasteiger partial charge in [0.25, 0.3) is 11.8 Å². The van der Waals surface area contributed by atoms with Gasteiger partial charge in [-0.3, -0.25) is 9.59 Å². The van der Waals surface area contributed by atoms with E-state index in [-0.39, 0.29) is 11.8 Å². The number of piperidine rings is 2. The summed E-state index contributed by atoms with van der Waals surface area (Å²) in [5, 5.41) is 3.26. The molecule has 0 unspecified atom stereocenters. The number of carbonyl (C=O) groups excluding carboxylic acids is 2. The van der Waals surface area contributed by atoms with E-state index in [1.807, 2.05) is 83.1 Å². The molecule has 6 aromatic heterocycles. The van der Waals surface area contributed by atoms with Crippen molar-refractivity contribution in [3.05, 3.63) is 131 Å². The lowest BCUT2D eigenvalue weighted by Crippen LogP contribution is -2.45. The number of H-pyrrole nitrogens is 4. The zero-order valence-electron chi connectivity index (χ0n) is 34.7. The maximum absolute atomic E-state index is 13.3. The number of aromatic amines is 4. The van der Waals surface area contributed by atoms with Crippen molar-refractivity contribution in [3.63, 3.8) is 0 Å². The van der Waals surface area contributed by atoms with Crippen LogP contribution in [0.2, 0.25) is 10.0 Å². The summed E-state index contributed by atoms with van der Waals surface area (Å²) in [5.41, 5.74) is 9.62. The van der Waals surface area contributed by atoms with Crippen LogP contribution in [0.5, 0.6) is 11.5 Å². The number of benzene rings is 2. The van der Waals surface area contributed by atoms with Crippen LogP contribution in [0.3, 0.4) is 0 Å². The third-order valence-corrected chi connectivity index (χ3v) is 13.6. The van der Waals surface area contributed by atoms with E-state index in [2.05, 4.69) is 39.9 Å². The summed E-state index contributed by atoms with van der Waals surface area (Å²) in [6, 6.07) is 15.5. The molecule has 64 heavy (non-hydrogen) atoms. The van der Waals surface area contributed by atoms with Gasteiger partial charge in [-0.25, -0.2) is 19.9 Å². The number of aromatic nitrogens is 8. The second kappa shape index (κ2) is 16.8. The van der Waals surface area contributed by atoms with Crippen LogP contribution in [0, 0.1) is 0 Å². The van der Waals surface area contributed by atoms with Crippen molar-refractivity contribution in [3.8, 4) is 33.8 Å². The zero-order chi connectivity index (χ0) is 43.3. The second-order valence-corrected chi connectivity index (χ2v) is 17.8. The fraction of sp³-hybridized carbons (Fsp3) is 0.292. The molecule has 2 amide bonds. The van der Waals surface area contributed by atoms with Crippen LogP contribution in [0.1, 0.15) is 60.0 Å².